The first-order valence-electron chi connectivity index (χ1n) is 13.7. The van der Waals surface area contributed by atoms with Gasteiger partial charge in [-0.25, -0.2) is 40.7 Å². The van der Waals surface area contributed by atoms with E-state index in [1.165, 1.54) is 24.3 Å². The molecule has 242 valence electrons. The molecule has 1 heterocycles. The Morgan fingerprint density at radius 1 is 0.681 bits per heavy atom. The van der Waals surface area contributed by atoms with E-state index in [4.69, 9.17) is 0 Å². The van der Waals surface area contributed by atoms with E-state index in [1.807, 2.05) is 0 Å². The molecule has 0 radical (unpaired) electrons. The van der Waals surface area contributed by atoms with Crippen molar-refractivity contribution >= 4 is 0 Å². The van der Waals surface area contributed by atoms with Gasteiger partial charge in [-0.1, -0.05) is 30.3 Å². The van der Waals surface area contributed by atoms with E-state index >= 15 is 8.78 Å². The van der Waals surface area contributed by atoms with Gasteiger partial charge in [0.05, 0.1) is 0 Å². The van der Waals surface area contributed by atoms with Crippen LogP contribution in [0.15, 0.2) is 85.7 Å². The van der Waals surface area contributed by atoms with E-state index in [0.717, 1.165) is 24.1 Å². The molecule has 0 unspecified atom stereocenters. The third-order valence-electron chi connectivity index (χ3n) is 6.91. The third-order valence-corrected chi connectivity index (χ3v) is 6.91. The maximum atomic E-state index is 15.2. The maximum absolute atomic E-state index is 15.2. The average molecular weight is 661 g/mol. The second-order valence-corrected chi connectivity index (χ2v) is 10.0. The van der Waals surface area contributed by atoms with Gasteiger partial charge >= 0.3 is 6.11 Å². The molecule has 4 nitrogen and oxygen atoms in total. The number of alkyl halides is 3. The zero-order valence-electron chi connectivity index (χ0n) is 23.9. The zero-order chi connectivity index (χ0) is 33.9. The largest absolute Gasteiger partial charge is 0.457 e. The lowest BCUT2D eigenvalue weighted by Crippen LogP contribution is -2.25. The van der Waals surface area contributed by atoms with Crippen molar-refractivity contribution < 1.29 is 49.0 Å². The molecule has 4 aromatic carbocycles. The lowest BCUT2D eigenvalue weighted by molar-refractivity contribution is -0.189. The van der Waals surface area contributed by atoms with E-state index < -0.39 is 76.1 Å². The fourth-order valence-corrected chi connectivity index (χ4v) is 4.70. The Balaban J connectivity index is 1.38. The molecular weight excluding hydrogens is 639 g/mol. The Hall–Kier alpha value is -5.33. The molecule has 0 amide bonds. The smallest absolute Gasteiger partial charge is 0.432 e. The highest BCUT2D eigenvalue weighted by Gasteiger charge is 2.41. The molecule has 0 fully saturated rings. The number of allylic oxidation sites excluding steroid dienone is 1. The van der Waals surface area contributed by atoms with E-state index in [1.54, 1.807) is 18.5 Å². The fraction of sp³-hybridized carbons (Fsp3) is 0.118. The van der Waals surface area contributed by atoms with Gasteiger partial charge in [-0.3, -0.25) is 0 Å². The van der Waals surface area contributed by atoms with Crippen molar-refractivity contribution in [2.75, 3.05) is 6.86 Å². The van der Waals surface area contributed by atoms with E-state index in [2.05, 4.69) is 26.0 Å². The van der Waals surface area contributed by atoms with Crippen LogP contribution in [0.5, 0.6) is 11.5 Å². The van der Waals surface area contributed by atoms with Gasteiger partial charge in [0.15, 0.2) is 23.2 Å². The van der Waals surface area contributed by atoms with Crippen molar-refractivity contribution in [3.05, 3.63) is 132 Å². The predicted octanol–water partition coefficient (Wildman–Crippen LogP) is 9.86. The average Bonchev–Trinajstić information content (AvgIpc) is 3.01. The van der Waals surface area contributed by atoms with Gasteiger partial charge in [-0.2, -0.15) is 8.78 Å². The molecule has 1 aromatic heterocycles. The van der Waals surface area contributed by atoms with Crippen LogP contribution >= 0.6 is 0 Å². The van der Waals surface area contributed by atoms with E-state index in [9.17, 15) is 30.7 Å². The quantitative estimate of drug-likeness (QED) is 0.105. The summed E-state index contributed by atoms with van der Waals surface area (Å²) < 4.78 is 138. The fourth-order valence-electron chi connectivity index (χ4n) is 4.70. The van der Waals surface area contributed by atoms with Crippen LogP contribution in [0.2, 0.25) is 0 Å². The monoisotopic (exact) mass is 660 g/mol. The third kappa shape index (κ3) is 7.08. The number of benzene rings is 4. The number of aryl methyl sites for hydroxylation is 1. The number of halogens is 9. The van der Waals surface area contributed by atoms with Gasteiger partial charge < -0.3 is 9.47 Å². The molecule has 0 saturated carbocycles. The SMILES string of the molecule is C=CCCc1cnc(-c2ccc(-c3ccc(-c4cc(F)c(C(F)(F)Oc5cc(F)c(OCF)c(F)c5)c(F)c4)c(F)c3)c(F)c2)nc1. The minimum atomic E-state index is -4.81. The summed E-state index contributed by atoms with van der Waals surface area (Å²) in [6.07, 6.45) is 1.63. The van der Waals surface area contributed by atoms with Gasteiger partial charge in [0.2, 0.25) is 6.86 Å². The molecule has 0 atom stereocenters. The summed E-state index contributed by atoms with van der Waals surface area (Å²) in [7, 11) is 0. The Kier molecular flexibility index (Phi) is 9.54. The number of hydrogen-bond acceptors (Lipinski definition) is 4. The first kappa shape index (κ1) is 33.0. The summed E-state index contributed by atoms with van der Waals surface area (Å²) >= 11 is 0. The van der Waals surface area contributed by atoms with E-state index in [-0.39, 0.29) is 29.1 Å². The maximum Gasteiger partial charge on any atom is 0.432 e. The predicted molar refractivity (Wildman–Crippen MR) is 154 cm³/mol. The Labute approximate surface area is 261 Å². The Morgan fingerprint density at radius 3 is 1.77 bits per heavy atom. The molecule has 0 bridgehead atoms. The lowest BCUT2D eigenvalue weighted by atomic mass is 9.97. The highest BCUT2D eigenvalue weighted by Crippen LogP contribution is 2.39. The molecule has 5 aromatic rings. The molecule has 13 heteroatoms. The minimum absolute atomic E-state index is 0.0107. The van der Waals surface area contributed by atoms with Crippen LogP contribution in [0.25, 0.3) is 33.6 Å². The number of rotatable bonds is 11. The Morgan fingerprint density at radius 2 is 1.21 bits per heavy atom. The van der Waals surface area contributed by atoms with Crippen LogP contribution in [-0.4, -0.2) is 16.8 Å². The summed E-state index contributed by atoms with van der Waals surface area (Å²) in [6.45, 7) is 2.03. The molecular formula is C34H21F9N2O2. The second kappa shape index (κ2) is 13.6. The molecule has 0 aliphatic heterocycles. The summed E-state index contributed by atoms with van der Waals surface area (Å²) in [5.74, 6) is -10.9. The number of nitrogens with zero attached hydrogens (tertiary/aromatic N) is 2. The van der Waals surface area contributed by atoms with Crippen molar-refractivity contribution in [1.82, 2.24) is 9.97 Å². The van der Waals surface area contributed by atoms with Crippen LogP contribution < -0.4 is 9.47 Å². The highest BCUT2D eigenvalue weighted by molar-refractivity contribution is 5.73. The van der Waals surface area contributed by atoms with Gasteiger partial charge in [0, 0.05) is 41.2 Å². The summed E-state index contributed by atoms with van der Waals surface area (Å²) in [5.41, 5.74) is -1.53. The van der Waals surface area contributed by atoms with Crippen molar-refractivity contribution in [3.63, 3.8) is 0 Å². The number of ether oxygens (including phenoxy) is 2. The van der Waals surface area contributed by atoms with Crippen molar-refractivity contribution in [3.8, 4) is 45.1 Å². The van der Waals surface area contributed by atoms with Gasteiger partial charge in [-0.05, 0) is 53.8 Å². The molecule has 0 N–H and O–H groups in total. The topological polar surface area (TPSA) is 44.2 Å². The van der Waals surface area contributed by atoms with E-state index in [0.29, 0.717) is 24.1 Å². The van der Waals surface area contributed by atoms with Gasteiger partial charge in [0.25, 0.3) is 0 Å². The van der Waals surface area contributed by atoms with Crippen LogP contribution in [0.3, 0.4) is 0 Å². The summed E-state index contributed by atoms with van der Waals surface area (Å²) in [4.78, 5) is 8.49. The summed E-state index contributed by atoms with van der Waals surface area (Å²) in [5, 5.41) is 0. The highest BCUT2D eigenvalue weighted by atomic mass is 19.3. The number of hydrogen-bond donors (Lipinski definition) is 0. The van der Waals surface area contributed by atoms with Crippen LogP contribution in [0.1, 0.15) is 17.5 Å². The normalized spacial score (nSPS) is 11.4. The second-order valence-electron chi connectivity index (χ2n) is 10.0. The summed E-state index contributed by atoms with van der Waals surface area (Å²) in [6, 6.07) is 8.55. The molecule has 47 heavy (non-hydrogen) atoms. The van der Waals surface area contributed by atoms with Crippen molar-refractivity contribution in [2.45, 2.75) is 19.0 Å². The van der Waals surface area contributed by atoms with Gasteiger partial charge in [0.1, 0.15) is 34.6 Å². The minimum Gasteiger partial charge on any atom is -0.457 e. The van der Waals surface area contributed by atoms with Gasteiger partial charge in [-0.15, -0.1) is 6.58 Å². The lowest BCUT2D eigenvalue weighted by Gasteiger charge is -2.20. The first-order chi connectivity index (χ1) is 22.4. The number of aromatic nitrogens is 2. The van der Waals surface area contributed by atoms with Crippen molar-refractivity contribution in [2.24, 2.45) is 0 Å². The molecule has 0 aliphatic carbocycles. The van der Waals surface area contributed by atoms with Crippen LogP contribution in [0, 0.1) is 34.9 Å². The zero-order valence-corrected chi connectivity index (χ0v) is 23.9. The standard InChI is InChI=1S/C34H21F9N2O2/c1-2-3-4-18-15-44-33(45-16-18)20-6-8-23(26(37)10-20)19-5-7-24(25(36)9-19)21-11-27(38)31(28(39)12-21)34(42,43)47-22-13-29(40)32(46-17-35)30(41)14-22/h2,5-16H,1,3-4,17H2. The van der Waals surface area contributed by atoms with Crippen molar-refractivity contribution in [1.29, 1.82) is 0 Å². The molecule has 0 spiro atoms. The first-order valence-corrected chi connectivity index (χ1v) is 13.7. The molecule has 5 rings (SSSR count). The molecule has 0 aliphatic rings. The van der Waals surface area contributed by atoms with Crippen LogP contribution in [0.4, 0.5) is 39.5 Å². The Bertz CT molecular complexity index is 1900. The van der Waals surface area contributed by atoms with Crippen LogP contribution in [-0.2, 0) is 12.5 Å². The molecule has 0 saturated heterocycles.